The van der Waals surface area contributed by atoms with E-state index in [0.717, 1.165) is 12.8 Å². The number of nitrogens with zero attached hydrogens (tertiary/aromatic N) is 1. The molecular weight excluding hydrogens is 262 g/mol. The third-order valence-corrected chi connectivity index (χ3v) is 3.03. The molecular formula is C10H18BrNO3. The molecule has 0 aromatic carbocycles. The average Bonchev–Trinajstić information content (AvgIpc) is 2.23. The third-order valence-electron chi connectivity index (χ3n) is 2.19. The lowest BCUT2D eigenvalue weighted by molar-refractivity contribution is -0.143. The highest BCUT2D eigenvalue weighted by molar-refractivity contribution is 9.10. The van der Waals surface area contributed by atoms with Gasteiger partial charge in [0.05, 0.1) is 0 Å². The zero-order valence-corrected chi connectivity index (χ0v) is 10.7. The summed E-state index contributed by atoms with van der Waals surface area (Å²) >= 11 is 3.15. The molecule has 0 bridgehead atoms. The van der Waals surface area contributed by atoms with Gasteiger partial charge in [0, 0.05) is 0 Å². The van der Waals surface area contributed by atoms with Crippen molar-refractivity contribution in [2.24, 2.45) is 5.34 Å². The molecule has 0 saturated carbocycles. The Balaban J connectivity index is 3.34. The van der Waals surface area contributed by atoms with Crippen LogP contribution in [-0.2, 0) is 9.63 Å². The van der Waals surface area contributed by atoms with Gasteiger partial charge in [-0.25, -0.2) is 4.79 Å². The summed E-state index contributed by atoms with van der Waals surface area (Å²) in [5, 5.41) is 2.10. The predicted molar refractivity (Wildman–Crippen MR) is 62.6 cm³/mol. The molecule has 1 atom stereocenters. The standard InChI is InChI=1S/C10H18BrNO3/c1-2-3-4-5-6-7-8-9(11)10(13)15-12-14/h9H,2-8H2,1H3. The fraction of sp³-hybridized carbons (Fsp3) is 0.900. The average molecular weight is 280 g/mol. The number of hydrogen-bond donors (Lipinski definition) is 0. The molecule has 0 rings (SSSR count). The summed E-state index contributed by atoms with van der Waals surface area (Å²) in [6.45, 7) is 2.18. The Morgan fingerprint density at radius 1 is 1.27 bits per heavy atom. The summed E-state index contributed by atoms with van der Waals surface area (Å²) in [4.78, 5) is 24.2. The van der Waals surface area contributed by atoms with Gasteiger partial charge in [0.1, 0.15) is 4.83 Å². The van der Waals surface area contributed by atoms with Gasteiger partial charge < -0.3 is 0 Å². The smallest absolute Gasteiger partial charge is 0.283 e. The van der Waals surface area contributed by atoms with Crippen molar-refractivity contribution in [2.45, 2.75) is 56.7 Å². The molecule has 0 fully saturated rings. The van der Waals surface area contributed by atoms with E-state index >= 15 is 0 Å². The van der Waals surface area contributed by atoms with Crippen LogP contribution in [0, 0.1) is 4.91 Å². The van der Waals surface area contributed by atoms with Crippen molar-refractivity contribution < 1.29 is 9.63 Å². The monoisotopic (exact) mass is 279 g/mol. The highest BCUT2D eigenvalue weighted by atomic mass is 79.9. The molecule has 0 aliphatic carbocycles. The first-order valence-corrected chi connectivity index (χ1v) is 6.31. The number of rotatable bonds is 9. The summed E-state index contributed by atoms with van der Waals surface area (Å²) in [5.74, 6) is -0.599. The van der Waals surface area contributed by atoms with Crippen LogP contribution in [0.15, 0.2) is 5.34 Å². The molecule has 0 aliphatic rings. The van der Waals surface area contributed by atoms with E-state index in [2.05, 4.69) is 33.0 Å². The summed E-state index contributed by atoms with van der Waals surface area (Å²) in [6.07, 6.45) is 7.74. The molecule has 88 valence electrons. The minimum absolute atomic E-state index is 0.402. The molecule has 15 heavy (non-hydrogen) atoms. The third kappa shape index (κ3) is 8.54. The van der Waals surface area contributed by atoms with Gasteiger partial charge >= 0.3 is 5.97 Å². The van der Waals surface area contributed by atoms with Gasteiger partial charge in [0.25, 0.3) is 0 Å². The molecule has 0 aliphatic heterocycles. The lowest BCUT2D eigenvalue weighted by Crippen LogP contribution is -2.14. The maximum Gasteiger partial charge on any atom is 0.352 e. The molecule has 5 heteroatoms. The predicted octanol–water partition coefficient (Wildman–Crippen LogP) is 3.73. The number of carbonyl (C=O) groups excluding carboxylic acids is 1. The Hall–Kier alpha value is -0.450. The second kappa shape index (κ2) is 10.1. The van der Waals surface area contributed by atoms with Crippen LogP contribution in [-0.4, -0.2) is 10.8 Å². The molecule has 0 aromatic heterocycles. The van der Waals surface area contributed by atoms with E-state index in [4.69, 9.17) is 0 Å². The molecule has 0 amide bonds. The van der Waals surface area contributed by atoms with E-state index in [-0.39, 0.29) is 0 Å². The number of carbonyl (C=O) groups is 1. The van der Waals surface area contributed by atoms with E-state index in [1.54, 1.807) is 0 Å². The Morgan fingerprint density at radius 3 is 2.47 bits per heavy atom. The van der Waals surface area contributed by atoms with E-state index in [1.807, 2.05) is 0 Å². The van der Waals surface area contributed by atoms with E-state index in [9.17, 15) is 9.70 Å². The topological polar surface area (TPSA) is 55.7 Å². The van der Waals surface area contributed by atoms with Crippen molar-refractivity contribution in [2.75, 3.05) is 0 Å². The molecule has 0 radical (unpaired) electrons. The maximum absolute atomic E-state index is 10.9. The molecule has 0 spiro atoms. The first-order chi connectivity index (χ1) is 7.22. The van der Waals surface area contributed by atoms with Gasteiger partial charge in [-0.05, 0) is 6.42 Å². The zero-order valence-electron chi connectivity index (χ0n) is 9.08. The lowest BCUT2D eigenvalue weighted by atomic mass is 10.1. The van der Waals surface area contributed by atoms with Crippen LogP contribution in [0.1, 0.15) is 51.9 Å². The fourth-order valence-corrected chi connectivity index (χ4v) is 1.72. The minimum atomic E-state index is -0.599. The van der Waals surface area contributed by atoms with Crippen molar-refractivity contribution in [1.29, 1.82) is 0 Å². The second-order valence-electron chi connectivity index (χ2n) is 3.51. The van der Waals surface area contributed by atoms with Gasteiger partial charge in [-0.1, -0.05) is 61.4 Å². The number of unbranched alkanes of at least 4 members (excludes halogenated alkanes) is 5. The van der Waals surface area contributed by atoms with E-state index in [0.29, 0.717) is 6.42 Å². The molecule has 0 heterocycles. The molecule has 1 unspecified atom stereocenters. The van der Waals surface area contributed by atoms with Gasteiger partial charge in [0.15, 0.2) is 5.34 Å². The van der Waals surface area contributed by atoms with Crippen LogP contribution in [0.5, 0.6) is 0 Å². The number of alkyl halides is 1. The first-order valence-electron chi connectivity index (χ1n) is 5.40. The fourth-order valence-electron chi connectivity index (χ4n) is 1.32. The van der Waals surface area contributed by atoms with E-state index < -0.39 is 10.8 Å². The SMILES string of the molecule is CCCCCCCCC(Br)C(=O)ON=O. The summed E-state index contributed by atoms with van der Waals surface area (Å²) in [5.41, 5.74) is 0. The number of hydrogen-bond acceptors (Lipinski definition) is 4. The molecule has 0 N–H and O–H groups in total. The maximum atomic E-state index is 10.9. The Kier molecular flexibility index (Phi) is 9.78. The van der Waals surface area contributed by atoms with Crippen molar-refractivity contribution >= 4 is 21.9 Å². The van der Waals surface area contributed by atoms with Crippen LogP contribution in [0.25, 0.3) is 0 Å². The van der Waals surface area contributed by atoms with Crippen LogP contribution in [0.2, 0.25) is 0 Å². The molecule has 0 aromatic rings. The Morgan fingerprint density at radius 2 is 1.87 bits per heavy atom. The van der Waals surface area contributed by atoms with E-state index in [1.165, 1.54) is 25.7 Å². The van der Waals surface area contributed by atoms with Crippen molar-refractivity contribution in [3.63, 3.8) is 0 Å². The Labute approximate surface area is 98.8 Å². The van der Waals surface area contributed by atoms with Crippen LogP contribution < -0.4 is 0 Å². The summed E-state index contributed by atoms with van der Waals surface area (Å²) in [7, 11) is 0. The summed E-state index contributed by atoms with van der Waals surface area (Å²) < 4.78 is 0. The zero-order chi connectivity index (χ0) is 11.5. The first kappa shape index (κ1) is 14.6. The summed E-state index contributed by atoms with van der Waals surface area (Å²) in [6, 6.07) is 0. The number of halogens is 1. The highest BCUT2D eigenvalue weighted by Gasteiger charge is 2.16. The van der Waals surface area contributed by atoms with Crippen LogP contribution >= 0.6 is 15.9 Å². The highest BCUT2D eigenvalue weighted by Crippen LogP contribution is 2.14. The van der Waals surface area contributed by atoms with Gasteiger partial charge in [-0.3, -0.25) is 4.84 Å². The van der Waals surface area contributed by atoms with Gasteiger partial charge in [-0.2, -0.15) is 0 Å². The van der Waals surface area contributed by atoms with Crippen LogP contribution in [0.3, 0.4) is 0 Å². The van der Waals surface area contributed by atoms with Crippen molar-refractivity contribution in [3.8, 4) is 0 Å². The molecule has 4 nitrogen and oxygen atoms in total. The normalized spacial score (nSPS) is 12.1. The quantitative estimate of drug-likeness (QED) is 0.280. The van der Waals surface area contributed by atoms with Crippen LogP contribution in [0.4, 0.5) is 0 Å². The molecule has 0 saturated heterocycles. The van der Waals surface area contributed by atoms with Gasteiger partial charge in [0.2, 0.25) is 0 Å². The lowest BCUT2D eigenvalue weighted by Gasteiger charge is -2.04. The van der Waals surface area contributed by atoms with Crippen molar-refractivity contribution in [3.05, 3.63) is 4.91 Å². The van der Waals surface area contributed by atoms with Gasteiger partial charge in [-0.15, -0.1) is 4.91 Å². The van der Waals surface area contributed by atoms with Crippen molar-refractivity contribution in [1.82, 2.24) is 0 Å². The Bertz CT molecular complexity index is 188. The largest absolute Gasteiger partial charge is 0.352 e. The second-order valence-corrected chi connectivity index (χ2v) is 4.61. The minimum Gasteiger partial charge on any atom is -0.283 e.